The highest BCUT2D eigenvalue weighted by Crippen LogP contribution is 2.33. The summed E-state index contributed by atoms with van der Waals surface area (Å²) in [4.78, 5) is 9.83. The van der Waals surface area contributed by atoms with E-state index in [9.17, 15) is 0 Å². The van der Waals surface area contributed by atoms with Crippen LogP contribution >= 0.6 is 22.9 Å². The molecule has 4 heteroatoms. The summed E-state index contributed by atoms with van der Waals surface area (Å²) < 4.78 is 0. The standard InChI is InChI=1S/C11H13ClN2S/c1-4-11(2,3)10-14-8-5-7(12)6-13-9(8)15-10/h5-6H,4H2,1-3H3. The molecule has 2 aromatic rings. The second-order valence-corrected chi connectivity index (χ2v) is 5.65. The van der Waals surface area contributed by atoms with Gasteiger partial charge in [-0.3, -0.25) is 0 Å². The minimum absolute atomic E-state index is 0.123. The van der Waals surface area contributed by atoms with Crippen molar-refractivity contribution in [3.05, 3.63) is 22.3 Å². The van der Waals surface area contributed by atoms with Crippen LogP contribution in [0.1, 0.15) is 32.2 Å². The average molecular weight is 241 g/mol. The van der Waals surface area contributed by atoms with E-state index in [4.69, 9.17) is 11.6 Å². The molecule has 2 aromatic heterocycles. The van der Waals surface area contributed by atoms with Crippen LogP contribution in [-0.2, 0) is 5.41 Å². The van der Waals surface area contributed by atoms with Gasteiger partial charge >= 0.3 is 0 Å². The smallest absolute Gasteiger partial charge is 0.143 e. The summed E-state index contributed by atoms with van der Waals surface area (Å²) in [7, 11) is 0. The van der Waals surface area contributed by atoms with E-state index in [-0.39, 0.29) is 5.41 Å². The molecule has 0 N–H and O–H groups in total. The first-order valence-electron chi connectivity index (χ1n) is 4.95. The summed E-state index contributed by atoms with van der Waals surface area (Å²) in [5, 5.41) is 1.78. The van der Waals surface area contributed by atoms with Gasteiger partial charge in [-0.05, 0) is 12.5 Å². The lowest BCUT2D eigenvalue weighted by Crippen LogP contribution is -2.14. The molecule has 2 nitrogen and oxygen atoms in total. The van der Waals surface area contributed by atoms with E-state index in [1.165, 1.54) is 0 Å². The van der Waals surface area contributed by atoms with E-state index >= 15 is 0 Å². The lowest BCUT2D eigenvalue weighted by Gasteiger charge is -2.18. The first-order valence-corrected chi connectivity index (χ1v) is 6.15. The summed E-state index contributed by atoms with van der Waals surface area (Å²) in [5.74, 6) is 0. The molecule has 0 unspecified atom stereocenters. The van der Waals surface area contributed by atoms with Gasteiger partial charge in [-0.25, -0.2) is 9.97 Å². The number of aromatic nitrogens is 2. The molecule has 0 amide bonds. The first-order chi connectivity index (χ1) is 7.03. The molecule has 2 rings (SSSR count). The van der Waals surface area contributed by atoms with E-state index in [0.717, 1.165) is 21.8 Å². The Morgan fingerprint density at radius 2 is 2.20 bits per heavy atom. The third kappa shape index (κ3) is 1.99. The number of halogens is 1. The molecule has 0 atom stereocenters. The molecule has 0 spiro atoms. The summed E-state index contributed by atoms with van der Waals surface area (Å²) in [5.41, 5.74) is 1.03. The van der Waals surface area contributed by atoms with Gasteiger partial charge in [0.05, 0.1) is 5.02 Å². The molecule has 0 fully saturated rings. The second-order valence-electron chi connectivity index (χ2n) is 4.23. The molecule has 2 heterocycles. The van der Waals surface area contributed by atoms with Gasteiger partial charge < -0.3 is 0 Å². The Balaban J connectivity index is 2.56. The molecule has 0 saturated heterocycles. The van der Waals surface area contributed by atoms with Crippen LogP contribution in [0, 0.1) is 0 Å². The van der Waals surface area contributed by atoms with E-state index in [2.05, 4.69) is 30.7 Å². The van der Waals surface area contributed by atoms with E-state index < -0.39 is 0 Å². The van der Waals surface area contributed by atoms with Gasteiger partial charge in [0.15, 0.2) is 0 Å². The molecular weight excluding hydrogens is 228 g/mol. The van der Waals surface area contributed by atoms with Crippen LogP contribution in [0.15, 0.2) is 12.3 Å². The van der Waals surface area contributed by atoms with Crippen LogP contribution in [0.5, 0.6) is 0 Å². The summed E-state index contributed by atoms with van der Waals surface area (Å²) in [6, 6.07) is 1.87. The van der Waals surface area contributed by atoms with Gasteiger partial charge in [-0.15, -0.1) is 0 Å². The Hall–Kier alpha value is -0.670. The fourth-order valence-corrected chi connectivity index (χ4v) is 2.45. The monoisotopic (exact) mass is 240 g/mol. The highest BCUT2D eigenvalue weighted by molar-refractivity contribution is 7.18. The van der Waals surface area contributed by atoms with Crippen LogP contribution in [0.2, 0.25) is 5.02 Å². The van der Waals surface area contributed by atoms with Crippen LogP contribution in [0.3, 0.4) is 0 Å². The predicted octanol–water partition coefficient (Wildman–Crippen LogP) is 4.03. The van der Waals surface area contributed by atoms with Crippen molar-refractivity contribution < 1.29 is 0 Å². The van der Waals surface area contributed by atoms with Gasteiger partial charge in [0.1, 0.15) is 15.4 Å². The Morgan fingerprint density at radius 1 is 1.47 bits per heavy atom. The summed E-state index contributed by atoms with van der Waals surface area (Å²) in [6.07, 6.45) is 2.74. The van der Waals surface area contributed by atoms with Crippen molar-refractivity contribution in [2.24, 2.45) is 0 Å². The maximum absolute atomic E-state index is 5.88. The number of hydrogen-bond acceptors (Lipinski definition) is 3. The lowest BCUT2D eigenvalue weighted by atomic mass is 9.91. The normalized spacial score (nSPS) is 12.3. The van der Waals surface area contributed by atoms with Gasteiger partial charge in [0.25, 0.3) is 0 Å². The minimum Gasteiger partial charge on any atom is -0.242 e. The molecule has 15 heavy (non-hydrogen) atoms. The zero-order chi connectivity index (χ0) is 11.1. The van der Waals surface area contributed by atoms with Crippen LogP contribution < -0.4 is 0 Å². The molecule has 0 aliphatic carbocycles. The zero-order valence-corrected chi connectivity index (χ0v) is 10.6. The lowest BCUT2D eigenvalue weighted by molar-refractivity contribution is 0.504. The van der Waals surface area contributed by atoms with E-state index in [1.54, 1.807) is 17.5 Å². The fourth-order valence-electron chi connectivity index (χ4n) is 1.24. The Bertz CT molecular complexity index is 490. The van der Waals surface area contributed by atoms with Crippen molar-refractivity contribution in [1.29, 1.82) is 0 Å². The third-order valence-corrected chi connectivity index (χ3v) is 4.23. The largest absolute Gasteiger partial charge is 0.242 e. The number of fused-ring (bicyclic) bond motifs is 1. The molecule has 0 aliphatic rings. The van der Waals surface area contributed by atoms with E-state index in [0.29, 0.717) is 5.02 Å². The highest BCUT2D eigenvalue weighted by atomic mass is 35.5. The predicted molar refractivity (Wildman–Crippen MR) is 65.7 cm³/mol. The number of thiazole rings is 1. The molecule has 80 valence electrons. The van der Waals surface area contributed by atoms with Crippen molar-refractivity contribution >= 4 is 33.3 Å². The van der Waals surface area contributed by atoms with Crippen molar-refractivity contribution in [1.82, 2.24) is 9.97 Å². The maximum atomic E-state index is 5.88. The average Bonchev–Trinajstić information content (AvgIpc) is 2.61. The SMILES string of the molecule is CCC(C)(C)c1nc2cc(Cl)cnc2s1. The molecule has 0 bridgehead atoms. The summed E-state index contributed by atoms with van der Waals surface area (Å²) in [6.45, 7) is 6.57. The van der Waals surface area contributed by atoms with Crippen molar-refractivity contribution in [3.63, 3.8) is 0 Å². The molecule has 0 saturated carbocycles. The Morgan fingerprint density at radius 3 is 2.87 bits per heavy atom. The minimum atomic E-state index is 0.123. The quantitative estimate of drug-likeness (QED) is 0.792. The number of rotatable bonds is 2. The van der Waals surface area contributed by atoms with Crippen molar-refractivity contribution in [3.8, 4) is 0 Å². The summed E-state index contributed by atoms with van der Waals surface area (Å²) >= 11 is 7.53. The van der Waals surface area contributed by atoms with Gasteiger partial charge in [0.2, 0.25) is 0 Å². The van der Waals surface area contributed by atoms with Crippen LogP contribution in [0.4, 0.5) is 0 Å². The van der Waals surface area contributed by atoms with Crippen LogP contribution in [-0.4, -0.2) is 9.97 Å². The molecule has 0 radical (unpaired) electrons. The first kappa shape index (κ1) is 10.8. The number of hydrogen-bond donors (Lipinski definition) is 0. The third-order valence-electron chi connectivity index (χ3n) is 2.68. The van der Waals surface area contributed by atoms with Crippen LogP contribution in [0.25, 0.3) is 10.3 Å². The molecular formula is C11H13ClN2S. The maximum Gasteiger partial charge on any atom is 0.143 e. The zero-order valence-electron chi connectivity index (χ0n) is 9.04. The van der Waals surface area contributed by atoms with E-state index in [1.807, 2.05) is 6.07 Å². The highest BCUT2D eigenvalue weighted by Gasteiger charge is 2.22. The van der Waals surface area contributed by atoms with Crippen molar-refractivity contribution in [2.45, 2.75) is 32.6 Å². The van der Waals surface area contributed by atoms with Crippen molar-refractivity contribution in [2.75, 3.05) is 0 Å². The second kappa shape index (κ2) is 3.72. The molecule has 0 aliphatic heterocycles. The fraction of sp³-hybridized carbons (Fsp3) is 0.455. The number of nitrogens with zero attached hydrogens (tertiary/aromatic N) is 2. The van der Waals surface area contributed by atoms with Gasteiger partial charge in [-0.1, -0.05) is 43.7 Å². The molecule has 0 aromatic carbocycles. The number of pyridine rings is 1. The topological polar surface area (TPSA) is 25.8 Å². The van der Waals surface area contributed by atoms with Gasteiger partial charge in [0, 0.05) is 11.6 Å². The van der Waals surface area contributed by atoms with Gasteiger partial charge in [-0.2, -0.15) is 0 Å². The Labute approximate surface area is 98.3 Å². The Kier molecular flexibility index (Phi) is 2.69.